The second-order valence-corrected chi connectivity index (χ2v) is 5.85. The van der Waals surface area contributed by atoms with E-state index >= 15 is 0 Å². The first kappa shape index (κ1) is 12.8. The topological polar surface area (TPSA) is 58.4 Å². The number of amides is 1. The molecular formula is C12H21N3OS. The van der Waals surface area contributed by atoms with Crippen molar-refractivity contribution in [3.8, 4) is 0 Å². The minimum Gasteiger partial charge on any atom is -0.393 e. The summed E-state index contributed by atoms with van der Waals surface area (Å²) < 4.78 is 0. The Bertz CT molecular complexity index is 328. The van der Waals surface area contributed by atoms with E-state index < -0.39 is 0 Å². The number of hydrogen-bond donors (Lipinski definition) is 2. The molecule has 1 aliphatic heterocycles. The highest BCUT2D eigenvalue weighted by molar-refractivity contribution is 7.80. The lowest BCUT2D eigenvalue weighted by Gasteiger charge is -2.36. The molecule has 5 heteroatoms. The molecule has 96 valence electrons. The van der Waals surface area contributed by atoms with Gasteiger partial charge in [-0.1, -0.05) is 19.1 Å². The number of nitrogens with two attached hydrogens (primary N) is 1. The summed E-state index contributed by atoms with van der Waals surface area (Å²) in [7, 11) is 0. The maximum absolute atomic E-state index is 11.8. The maximum Gasteiger partial charge on any atom is 0.237 e. The molecule has 2 aliphatic rings. The average molecular weight is 255 g/mol. The molecule has 3 N–H and O–H groups in total. The van der Waals surface area contributed by atoms with Crippen LogP contribution in [0.25, 0.3) is 0 Å². The van der Waals surface area contributed by atoms with Gasteiger partial charge in [0.25, 0.3) is 0 Å². The number of nitrogens with zero attached hydrogens (tertiary/aromatic N) is 1. The van der Waals surface area contributed by atoms with Gasteiger partial charge < -0.3 is 11.1 Å². The molecule has 0 aromatic carbocycles. The lowest BCUT2D eigenvalue weighted by molar-refractivity contribution is -0.129. The molecule has 0 aromatic heterocycles. The maximum atomic E-state index is 11.8. The van der Waals surface area contributed by atoms with Gasteiger partial charge >= 0.3 is 0 Å². The number of carbonyl (C=O) groups excluding carboxylic acids is 1. The molecule has 1 saturated carbocycles. The van der Waals surface area contributed by atoms with Crippen molar-refractivity contribution in [2.24, 2.45) is 11.1 Å². The Hall–Kier alpha value is -0.680. The molecule has 1 amide bonds. The summed E-state index contributed by atoms with van der Waals surface area (Å²) in [5.74, 6) is 0.171. The standard InChI is InChI=1S/C12H21N3OS/c1-2-9-11(16)14-5-6-15(9)8-12(3-4-12)7-10(13)17/h9H,2-8H2,1H3,(H2,13,17)(H,14,16). The van der Waals surface area contributed by atoms with Crippen LogP contribution in [0.5, 0.6) is 0 Å². The molecule has 2 fully saturated rings. The van der Waals surface area contributed by atoms with E-state index in [2.05, 4.69) is 17.1 Å². The highest BCUT2D eigenvalue weighted by Crippen LogP contribution is 2.49. The third-order valence-corrected chi connectivity index (χ3v) is 4.02. The van der Waals surface area contributed by atoms with E-state index in [1.54, 1.807) is 0 Å². The van der Waals surface area contributed by atoms with E-state index in [0.717, 1.165) is 32.5 Å². The first-order valence-electron chi connectivity index (χ1n) is 6.36. The van der Waals surface area contributed by atoms with Gasteiger partial charge in [-0.05, 0) is 24.7 Å². The molecular weight excluding hydrogens is 234 g/mol. The number of carbonyl (C=O) groups is 1. The van der Waals surface area contributed by atoms with Crippen molar-refractivity contribution in [1.29, 1.82) is 0 Å². The predicted octanol–water partition coefficient (Wildman–Crippen LogP) is 0.653. The molecule has 1 unspecified atom stereocenters. The van der Waals surface area contributed by atoms with Crippen LogP contribution in [0.3, 0.4) is 0 Å². The van der Waals surface area contributed by atoms with E-state index in [4.69, 9.17) is 18.0 Å². The van der Waals surface area contributed by atoms with Gasteiger partial charge in [0.15, 0.2) is 0 Å². The molecule has 1 atom stereocenters. The zero-order valence-corrected chi connectivity index (χ0v) is 11.2. The molecule has 0 spiro atoms. The summed E-state index contributed by atoms with van der Waals surface area (Å²) >= 11 is 5.01. The summed E-state index contributed by atoms with van der Waals surface area (Å²) in [6, 6.07) is 0.0348. The lowest BCUT2D eigenvalue weighted by Crippen LogP contribution is -2.56. The van der Waals surface area contributed by atoms with Crippen LogP contribution >= 0.6 is 12.2 Å². The zero-order chi connectivity index (χ0) is 12.5. The van der Waals surface area contributed by atoms with E-state index in [1.165, 1.54) is 12.8 Å². The van der Waals surface area contributed by atoms with Gasteiger partial charge in [-0.15, -0.1) is 0 Å². The van der Waals surface area contributed by atoms with Crippen LogP contribution in [-0.4, -0.2) is 41.5 Å². The summed E-state index contributed by atoms with van der Waals surface area (Å²) in [5, 5.41) is 2.93. The molecule has 4 nitrogen and oxygen atoms in total. The van der Waals surface area contributed by atoms with Gasteiger partial charge in [-0.25, -0.2) is 0 Å². The smallest absolute Gasteiger partial charge is 0.237 e. The summed E-state index contributed by atoms with van der Waals surface area (Å²) in [6.45, 7) is 4.74. The van der Waals surface area contributed by atoms with Crippen LogP contribution in [0, 0.1) is 5.41 Å². The van der Waals surface area contributed by atoms with Crippen LogP contribution in [0.1, 0.15) is 32.6 Å². The minimum absolute atomic E-state index is 0.0348. The molecule has 0 radical (unpaired) electrons. The quantitative estimate of drug-likeness (QED) is 0.708. The Balaban J connectivity index is 1.97. The van der Waals surface area contributed by atoms with Crippen molar-refractivity contribution in [2.45, 2.75) is 38.6 Å². The number of nitrogens with one attached hydrogen (secondary N) is 1. The fraction of sp³-hybridized carbons (Fsp3) is 0.833. The van der Waals surface area contributed by atoms with Crippen molar-refractivity contribution in [3.63, 3.8) is 0 Å². The fourth-order valence-corrected chi connectivity index (χ4v) is 3.07. The highest BCUT2D eigenvalue weighted by Gasteiger charge is 2.46. The van der Waals surface area contributed by atoms with Crippen molar-refractivity contribution in [3.05, 3.63) is 0 Å². The number of rotatable bonds is 5. The van der Waals surface area contributed by atoms with E-state index in [9.17, 15) is 4.79 Å². The normalized spacial score (nSPS) is 27.6. The largest absolute Gasteiger partial charge is 0.393 e. The predicted molar refractivity (Wildman–Crippen MR) is 71.7 cm³/mol. The van der Waals surface area contributed by atoms with Gasteiger partial charge in [-0.3, -0.25) is 9.69 Å². The van der Waals surface area contributed by atoms with Crippen molar-refractivity contribution < 1.29 is 4.79 Å². The van der Waals surface area contributed by atoms with Gasteiger partial charge in [0.1, 0.15) is 0 Å². The molecule has 17 heavy (non-hydrogen) atoms. The molecule has 0 aromatic rings. The highest BCUT2D eigenvalue weighted by atomic mass is 32.1. The molecule has 1 aliphatic carbocycles. The molecule has 0 bridgehead atoms. The Morgan fingerprint density at radius 2 is 2.35 bits per heavy atom. The Morgan fingerprint density at radius 1 is 1.65 bits per heavy atom. The average Bonchev–Trinajstić information content (AvgIpc) is 2.97. The van der Waals surface area contributed by atoms with Gasteiger partial charge in [0.2, 0.25) is 5.91 Å². The summed E-state index contributed by atoms with van der Waals surface area (Å²) in [4.78, 5) is 14.7. The minimum atomic E-state index is 0.0348. The third-order valence-electron chi connectivity index (χ3n) is 3.87. The SMILES string of the molecule is CCC1C(=O)NCCN1CC1(CC(N)=S)CC1. The lowest BCUT2D eigenvalue weighted by atomic mass is 9.99. The van der Waals surface area contributed by atoms with Crippen LogP contribution in [0.4, 0.5) is 0 Å². The number of piperazine rings is 1. The second kappa shape index (κ2) is 4.90. The van der Waals surface area contributed by atoms with Crippen LogP contribution in [0.15, 0.2) is 0 Å². The number of hydrogen-bond acceptors (Lipinski definition) is 3. The van der Waals surface area contributed by atoms with Crippen molar-refractivity contribution >= 4 is 23.1 Å². The first-order valence-corrected chi connectivity index (χ1v) is 6.77. The molecule has 1 heterocycles. The zero-order valence-electron chi connectivity index (χ0n) is 10.4. The Morgan fingerprint density at radius 3 is 2.88 bits per heavy atom. The fourth-order valence-electron chi connectivity index (χ4n) is 2.76. The van der Waals surface area contributed by atoms with E-state index in [0.29, 0.717) is 4.99 Å². The molecule has 1 saturated heterocycles. The number of thiocarbonyl (C=S) groups is 1. The monoisotopic (exact) mass is 255 g/mol. The van der Waals surface area contributed by atoms with Gasteiger partial charge in [0.05, 0.1) is 11.0 Å². The van der Waals surface area contributed by atoms with Gasteiger partial charge in [0, 0.05) is 26.1 Å². The van der Waals surface area contributed by atoms with Crippen LogP contribution in [0.2, 0.25) is 0 Å². The Labute approximate surface area is 108 Å². The van der Waals surface area contributed by atoms with Crippen molar-refractivity contribution in [2.75, 3.05) is 19.6 Å². The third kappa shape index (κ3) is 2.96. The van der Waals surface area contributed by atoms with E-state index in [-0.39, 0.29) is 17.4 Å². The Kier molecular flexibility index (Phi) is 3.68. The second-order valence-electron chi connectivity index (χ2n) is 5.33. The summed E-state index contributed by atoms with van der Waals surface area (Å²) in [5.41, 5.74) is 5.93. The van der Waals surface area contributed by atoms with Crippen LogP contribution < -0.4 is 11.1 Å². The molecule has 2 rings (SSSR count). The van der Waals surface area contributed by atoms with Crippen molar-refractivity contribution in [1.82, 2.24) is 10.2 Å². The summed E-state index contributed by atoms with van der Waals surface area (Å²) in [6.07, 6.45) is 4.09. The van der Waals surface area contributed by atoms with Crippen LogP contribution in [-0.2, 0) is 4.79 Å². The first-order chi connectivity index (χ1) is 8.06. The van der Waals surface area contributed by atoms with E-state index in [1.807, 2.05) is 0 Å². The van der Waals surface area contributed by atoms with Gasteiger partial charge in [-0.2, -0.15) is 0 Å².